The van der Waals surface area contributed by atoms with Gasteiger partial charge in [-0.05, 0) is 60.7 Å². The van der Waals surface area contributed by atoms with Crippen molar-refractivity contribution >= 4 is 28.8 Å². The summed E-state index contributed by atoms with van der Waals surface area (Å²) in [5.74, 6) is 0.731. The molecule has 1 aliphatic rings. The monoisotopic (exact) mass is 452 g/mol. The first kappa shape index (κ1) is 22.1. The average Bonchev–Trinajstić information content (AvgIpc) is 3.52. The molecule has 6 nitrogen and oxygen atoms in total. The molecule has 32 heavy (non-hydrogen) atoms. The number of thiophene rings is 1. The van der Waals surface area contributed by atoms with Crippen molar-refractivity contribution in [3.05, 3.63) is 70.8 Å². The summed E-state index contributed by atoms with van der Waals surface area (Å²) in [5, 5.41) is 5.12. The van der Waals surface area contributed by atoms with E-state index in [0.29, 0.717) is 17.2 Å². The molecular formula is C25H28N2O4S. The molecule has 0 unspecified atom stereocenters. The Labute approximate surface area is 192 Å². The third-order valence-electron chi connectivity index (χ3n) is 5.80. The summed E-state index contributed by atoms with van der Waals surface area (Å²) in [5.41, 5.74) is 0.618. The molecule has 2 aromatic heterocycles. The number of nitrogens with one attached hydrogen (secondary N) is 1. The second-order valence-corrected chi connectivity index (χ2v) is 9.01. The van der Waals surface area contributed by atoms with E-state index in [0.717, 1.165) is 30.6 Å². The summed E-state index contributed by atoms with van der Waals surface area (Å²) in [6.07, 6.45) is 7.07. The zero-order chi connectivity index (χ0) is 22.3. The van der Waals surface area contributed by atoms with Crippen LogP contribution >= 0.6 is 11.3 Å². The molecule has 4 rings (SSSR count). The molecule has 7 heteroatoms. The van der Waals surface area contributed by atoms with E-state index in [1.54, 1.807) is 48.4 Å². The Bertz CT molecular complexity index is 993. The van der Waals surface area contributed by atoms with Gasteiger partial charge in [0.15, 0.2) is 6.04 Å². The van der Waals surface area contributed by atoms with E-state index >= 15 is 0 Å². The fourth-order valence-corrected chi connectivity index (χ4v) is 4.87. The van der Waals surface area contributed by atoms with Crippen molar-refractivity contribution in [2.75, 3.05) is 12.0 Å². The van der Waals surface area contributed by atoms with Gasteiger partial charge in [0.05, 0.1) is 19.8 Å². The van der Waals surface area contributed by atoms with E-state index in [1.807, 2.05) is 17.5 Å². The van der Waals surface area contributed by atoms with Gasteiger partial charge in [-0.15, -0.1) is 11.3 Å². The summed E-state index contributed by atoms with van der Waals surface area (Å²) in [6, 6.07) is 13.8. The number of rotatable bonds is 8. The van der Waals surface area contributed by atoms with Crippen molar-refractivity contribution in [2.24, 2.45) is 0 Å². The van der Waals surface area contributed by atoms with Gasteiger partial charge in [0.25, 0.3) is 5.91 Å². The van der Waals surface area contributed by atoms with Crippen molar-refractivity contribution < 1.29 is 18.7 Å². The summed E-state index contributed by atoms with van der Waals surface area (Å²) in [6.45, 7) is 0. The molecule has 0 bridgehead atoms. The molecule has 0 radical (unpaired) electrons. The number of benzene rings is 1. The molecule has 0 saturated heterocycles. The lowest BCUT2D eigenvalue weighted by Gasteiger charge is -2.32. The van der Waals surface area contributed by atoms with Gasteiger partial charge in [-0.1, -0.05) is 25.3 Å². The zero-order valence-electron chi connectivity index (χ0n) is 18.2. The Morgan fingerprint density at radius 3 is 2.53 bits per heavy atom. The minimum atomic E-state index is -0.896. The highest BCUT2D eigenvalue weighted by Gasteiger charge is 2.36. The van der Waals surface area contributed by atoms with Crippen LogP contribution in [0.5, 0.6) is 5.75 Å². The van der Waals surface area contributed by atoms with Crippen LogP contribution in [0, 0.1) is 0 Å². The van der Waals surface area contributed by atoms with Crippen molar-refractivity contribution in [1.82, 2.24) is 5.32 Å². The maximum atomic E-state index is 13.6. The van der Waals surface area contributed by atoms with Crippen molar-refractivity contribution in [3.8, 4) is 5.75 Å². The number of hydrogen-bond acceptors (Lipinski definition) is 5. The predicted molar refractivity (Wildman–Crippen MR) is 125 cm³/mol. The standard InChI is InChI=1S/C25H28N2O4S/c1-30-20-13-11-19(12-14-20)27(23(28)17-21-9-6-16-32-21)24(22-10-5-15-31-22)25(29)26-18-7-3-2-4-8-18/h5-6,9-16,18,24H,2-4,7-8,17H2,1H3,(H,26,29)/t24-/m0/s1. The maximum absolute atomic E-state index is 13.6. The van der Waals surface area contributed by atoms with Gasteiger partial charge in [-0.3, -0.25) is 14.5 Å². The third kappa shape index (κ3) is 5.22. The van der Waals surface area contributed by atoms with Crippen LogP contribution in [0.15, 0.2) is 64.6 Å². The van der Waals surface area contributed by atoms with Crippen LogP contribution in [0.4, 0.5) is 5.69 Å². The van der Waals surface area contributed by atoms with E-state index in [2.05, 4.69) is 5.32 Å². The summed E-state index contributed by atoms with van der Waals surface area (Å²) >= 11 is 1.52. The second-order valence-electron chi connectivity index (χ2n) is 7.98. The Balaban J connectivity index is 1.69. The SMILES string of the molecule is COc1ccc(N(C(=O)Cc2cccs2)[C@H](C(=O)NC2CCCCC2)c2ccco2)cc1. The molecule has 1 saturated carbocycles. The van der Waals surface area contributed by atoms with Gasteiger partial charge < -0.3 is 14.5 Å². The minimum absolute atomic E-state index is 0.124. The zero-order valence-corrected chi connectivity index (χ0v) is 19.0. The van der Waals surface area contributed by atoms with Gasteiger partial charge in [0, 0.05) is 16.6 Å². The summed E-state index contributed by atoms with van der Waals surface area (Å²) < 4.78 is 10.9. The third-order valence-corrected chi connectivity index (χ3v) is 6.67. The van der Waals surface area contributed by atoms with Crippen LogP contribution in [0.2, 0.25) is 0 Å². The smallest absolute Gasteiger partial charge is 0.251 e. The second kappa shape index (κ2) is 10.5. The molecular weight excluding hydrogens is 424 g/mol. The van der Waals surface area contributed by atoms with Crippen LogP contribution in [0.1, 0.15) is 48.8 Å². The topological polar surface area (TPSA) is 71.8 Å². The number of hydrogen-bond donors (Lipinski definition) is 1. The molecule has 2 heterocycles. The first-order valence-corrected chi connectivity index (χ1v) is 11.9. The molecule has 1 aromatic carbocycles. The average molecular weight is 453 g/mol. The Hall–Kier alpha value is -3.06. The fraction of sp³-hybridized carbons (Fsp3) is 0.360. The van der Waals surface area contributed by atoms with Crippen LogP contribution in [0.25, 0.3) is 0 Å². The lowest BCUT2D eigenvalue weighted by atomic mass is 9.95. The van der Waals surface area contributed by atoms with E-state index < -0.39 is 6.04 Å². The molecule has 2 amide bonds. The highest BCUT2D eigenvalue weighted by Crippen LogP contribution is 2.31. The largest absolute Gasteiger partial charge is 0.497 e. The van der Waals surface area contributed by atoms with Gasteiger partial charge >= 0.3 is 0 Å². The number of furan rings is 1. The molecule has 1 N–H and O–H groups in total. The normalized spacial score (nSPS) is 15.2. The molecule has 1 fully saturated rings. The highest BCUT2D eigenvalue weighted by atomic mass is 32.1. The first-order chi connectivity index (χ1) is 15.7. The maximum Gasteiger partial charge on any atom is 0.251 e. The van der Waals surface area contributed by atoms with Crippen LogP contribution in [-0.4, -0.2) is 25.0 Å². The quantitative estimate of drug-likeness (QED) is 0.515. The molecule has 1 aliphatic carbocycles. The minimum Gasteiger partial charge on any atom is -0.497 e. The van der Waals surface area contributed by atoms with Crippen molar-refractivity contribution in [1.29, 1.82) is 0 Å². The summed E-state index contributed by atoms with van der Waals surface area (Å²) in [7, 11) is 1.60. The number of amides is 2. The van der Waals surface area contributed by atoms with Gasteiger partial charge in [0.1, 0.15) is 11.5 Å². The Morgan fingerprint density at radius 1 is 1.12 bits per heavy atom. The van der Waals surface area contributed by atoms with Crippen molar-refractivity contribution in [2.45, 2.75) is 50.6 Å². The number of ether oxygens (including phenoxy) is 1. The van der Waals surface area contributed by atoms with E-state index in [1.165, 1.54) is 24.0 Å². The molecule has 0 aliphatic heterocycles. The van der Waals surface area contributed by atoms with E-state index in [9.17, 15) is 9.59 Å². The highest BCUT2D eigenvalue weighted by molar-refractivity contribution is 7.10. The molecule has 3 aromatic rings. The number of anilines is 1. The Morgan fingerprint density at radius 2 is 1.91 bits per heavy atom. The fourth-order valence-electron chi connectivity index (χ4n) is 4.17. The number of nitrogens with zero attached hydrogens (tertiary/aromatic N) is 1. The molecule has 168 valence electrons. The van der Waals surface area contributed by atoms with Gasteiger partial charge in [-0.2, -0.15) is 0 Å². The first-order valence-electron chi connectivity index (χ1n) is 11.0. The predicted octanol–water partition coefficient (Wildman–Crippen LogP) is 5.12. The number of methoxy groups -OCH3 is 1. The van der Waals surface area contributed by atoms with Gasteiger partial charge in [0.2, 0.25) is 5.91 Å². The number of carbonyl (C=O) groups excluding carboxylic acids is 2. The van der Waals surface area contributed by atoms with Crippen LogP contribution < -0.4 is 15.0 Å². The van der Waals surface area contributed by atoms with Crippen LogP contribution in [-0.2, 0) is 16.0 Å². The lowest BCUT2D eigenvalue weighted by Crippen LogP contribution is -2.47. The summed E-state index contributed by atoms with van der Waals surface area (Å²) in [4.78, 5) is 29.6. The molecule has 1 atom stereocenters. The van der Waals surface area contributed by atoms with Crippen LogP contribution in [0.3, 0.4) is 0 Å². The van der Waals surface area contributed by atoms with E-state index in [-0.39, 0.29) is 24.3 Å². The molecule has 0 spiro atoms. The van der Waals surface area contributed by atoms with E-state index in [4.69, 9.17) is 9.15 Å². The Kier molecular flexibility index (Phi) is 7.27. The number of carbonyl (C=O) groups is 2. The lowest BCUT2D eigenvalue weighted by molar-refractivity contribution is -0.127. The van der Waals surface area contributed by atoms with Crippen molar-refractivity contribution in [3.63, 3.8) is 0 Å². The van der Waals surface area contributed by atoms with Gasteiger partial charge in [-0.25, -0.2) is 0 Å².